The van der Waals surface area contributed by atoms with E-state index < -0.39 is 0 Å². The lowest BCUT2D eigenvalue weighted by Gasteiger charge is -2.28. The Morgan fingerprint density at radius 3 is 2.87 bits per heavy atom. The molecule has 0 spiro atoms. The lowest BCUT2D eigenvalue weighted by molar-refractivity contribution is -0.121. The van der Waals surface area contributed by atoms with Crippen LogP contribution in [0, 0.1) is 0 Å². The van der Waals surface area contributed by atoms with Gasteiger partial charge in [-0.3, -0.25) is 14.6 Å². The number of benzene rings is 1. The van der Waals surface area contributed by atoms with Crippen molar-refractivity contribution >= 4 is 29.3 Å². The Kier molecular flexibility index (Phi) is 4.92. The molecule has 2 heterocycles. The van der Waals surface area contributed by atoms with E-state index in [4.69, 9.17) is 0 Å². The van der Waals surface area contributed by atoms with Crippen molar-refractivity contribution in [2.24, 2.45) is 0 Å². The molecule has 1 aromatic carbocycles. The maximum Gasteiger partial charge on any atom is 0.237 e. The second-order valence-electron chi connectivity index (χ2n) is 5.15. The van der Waals surface area contributed by atoms with E-state index in [0.29, 0.717) is 18.8 Å². The van der Waals surface area contributed by atoms with E-state index in [1.807, 2.05) is 42.5 Å². The van der Waals surface area contributed by atoms with Gasteiger partial charge in [0.1, 0.15) is 0 Å². The zero-order valence-electron chi connectivity index (χ0n) is 12.6. The van der Waals surface area contributed by atoms with E-state index in [2.05, 4.69) is 10.3 Å². The van der Waals surface area contributed by atoms with Gasteiger partial charge in [0.15, 0.2) is 0 Å². The first-order valence-corrected chi connectivity index (χ1v) is 8.41. The first-order chi connectivity index (χ1) is 11.2. The van der Waals surface area contributed by atoms with Gasteiger partial charge in [0, 0.05) is 24.1 Å². The SMILES string of the molecule is O=C(CCN1C(=O)CSc2ccccc21)NCc1ccccn1. The molecular formula is C17H17N3O2S. The Bertz CT molecular complexity index is 706. The molecule has 0 radical (unpaired) electrons. The Morgan fingerprint density at radius 1 is 1.22 bits per heavy atom. The van der Waals surface area contributed by atoms with Crippen LogP contribution >= 0.6 is 11.8 Å². The molecule has 1 aliphatic rings. The highest BCUT2D eigenvalue weighted by Crippen LogP contribution is 2.34. The summed E-state index contributed by atoms with van der Waals surface area (Å²) >= 11 is 1.54. The van der Waals surface area contributed by atoms with Gasteiger partial charge in [0.05, 0.1) is 23.7 Å². The summed E-state index contributed by atoms with van der Waals surface area (Å²) in [5.74, 6) is 0.387. The van der Waals surface area contributed by atoms with Crippen molar-refractivity contribution in [1.82, 2.24) is 10.3 Å². The number of rotatable bonds is 5. The highest BCUT2D eigenvalue weighted by atomic mass is 32.2. The van der Waals surface area contributed by atoms with Crippen LogP contribution in [0.2, 0.25) is 0 Å². The van der Waals surface area contributed by atoms with Crippen LogP contribution in [0.15, 0.2) is 53.6 Å². The van der Waals surface area contributed by atoms with Gasteiger partial charge in [-0.15, -0.1) is 11.8 Å². The lowest BCUT2D eigenvalue weighted by Crippen LogP contribution is -2.38. The van der Waals surface area contributed by atoms with Gasteiger partial charge in [-0.1, -0.05) is 18.2 Å². The highest BCUT2D eigenvalue weighted by Gasteiger charge is 2.24. The van der Waals surface area contributed by atoms with Crippen LogP contribution in [0.1, 0.15) is 12.1 Å². The average Bonchev–Trinajstić information content (AvgIpc) is 2.60. The van der Waals surface area contributed by atoms with Crippen LogP contribution in [0.3, 0.4) is 0 Å². The Hall–Kier alpha value is -2.34. The number of carbonyl (C=O) groups is 2. The third-order valence-corrected chi connectivity index (χ3v) is 4.61. The monoisotopic (exact) mass is 327 g/mol. The minimum Gasteiger partial charge on any atom is -0.350 e. The smallest absolute Gasteiger partial charge is 0.237 e. The minimum absolute atomic E-state index is 0.0474. The van der Waals surface area contributed by atoms with Gasteiger partial charge in [0.2, 0.25) is 11.8 Å². The fourth-order valence-electron chi connectivity index (χ4n) is 2.39. The van der Waals surface area contributed by atoms with Crippen molar-refractivity contribution in [3.63, 3.8) is 0 Å². The number of para-hydroxylation sites is 1. The number of aromatic nitrogens is 1. The quantitative estimate of drug-likeness (QED) is 0.915. The number of carbonyl (C=O) groups excluding carboxylic acids is 2. The topological polar surface area (TPSA) is 62.3 Å². The number of fused-ring (bicyclic) bond motifs is 1. The Balaban J connectivity index is 1.55. The van der Waals surface area contributed by atoms with E-state index in [0.717, 1.165) is 16.3 Å². The number of pyridine rings is 1. The standard InChI is InChI=1S/C17H17N3O2S/c21-16(19-11-13-5-3-4-9-18-13)8-10-20-14-6-1-2-7-15(14)23-12-17(20)22/h1-7,9H,8,10-12H2,(H,19,21). The third kappa shape index (κ3) is 3.90. The van der Waals surface area contributed by atoms with E-state index in [-0.39, 0.29) is 18.2 Å². The van der Waals surface area contributed by atoms with Gasteiger partial charge in [-0.2, -0.15) is 0 Å². The number of hydrogen-bond donors (Lipinski definition) is 1. The zero-order valence-corrected chi connectivity index (χ0v) is 13.4. The average molecular weight is 327 g/mol. The number of nitrogens with zero attached hydrogens (tertiary/aromatic N) is 2. The van der Waals surface area contributed by atoms with Crippen molar-refractivity contribution in [2.75, 3.05) is 17.2 Å². The molecule has 0 saturated heterocycles. The summed E-state index contributed by atoms with van der Waals surface area (Å²) in [6.07, 6.45) is 1.97. The molecule has 0 aliphatic carbocycles. The number of nitrogens with one attached hydrogen (secondary N) is 1. The molecule has 0 atom stereocenters. The molecule has 0 bridgehead atoms. The molecule has 2 aromatic rings. The predicted molar refractivity (Wildman–Crippen MR) is 90.2 cm³/mol. The first-order valence-electron chi connectivity index (χ1n) is 7.43. The Morgan fingerprint density at radius 2 is 2.04 bits per heavy atom. The van der Waals surface area contributed by atoms with Gasteiger partial charge in [-0.25, -0.2) is 0 Å². The third-order valence-electron chi connectivity index (χ3n) is 3.56. The fraction of sp³-hybridized carbons (Fsp3) is 0.235. The molecule has 118 valence electrons. The van der Waals surface area contributed by atoms with Crippen molar-refractivity contribution in [3.8, 4) is 0 Å². The van der Waals surface area contributed by atoms with E-state index in [9.17, 15) is 9.59 Å². The van der Waals surface area contributed by atoms with Crippen LogP contribution in [0.25, 0.3) is 0 Å². The Labute approximate surface area is 139 Å². The summed E-state index contributed by atoms with van der Waals surface area (Å²) < 4.78 is 0. The number of anilines is 1. The molecule has 2 amide bonds. The lowest BCUT2D eigenvalue weighted by atomic mass is 10.2. The number of thioether (sulfide) groups is 1. The minimum atomic E-state index is -0.0841. The van der Waals surface area contributed by atoms with Crippen LogP contribution in [-0.4, -0.2) is 29.1 Å². The maximum atomic E-state index is 12.1. The van der Waals surface area contributed by atoms with E-state index in [1.165, 1.54) is 0 Å². The van der Waals surface area contributed by atoms with E-state index in [1.54, 1.807) is 22.9 Å². The summed E-state index contributed by atoms with van der Waals surface area (Å²) in [6.45, 7) is 0.796. The van der Waals surface area contributed by atoms with Crippen molar-refractivity contribution in [1.29, 1.82) is 0 Å². The molecule has 6 heteroatoms. The highest BCUT2D eigenvalue weighted by molar-refractivity contribution is 8.00. The molecule has 1 aliphatic heterocycles. The van der Waals surface area contributed by atoms with Gasteiger partial charge in [0.25, 0.3) is 0 Å². The molecule has 3 rings (SSSR count). The van der Waals surface area contributed by atoms with Crippen LogP contribution in [0.5, 0.6) is 0 Å². The van der Waals surface area contributed by atoms with Crippen LogP contribution in [-0.2, 0) is 16.1 Å². The second-order valence-corrected chi connectivity index (χ2v) is 6.17. The van der Waals surface area contributed by atoms with Crippen LogP contribution in [0.4, 0.5) is 5.69 Å². The van der Waals surface area contributed by atoms with Crippen molar-refractivity contribution in [3.05, 3.63) is 54.4 Å². The largest absolute Gasteiger partial charge is 0.350 e. The molecule has 0 unspecified atom stereocenters. The molecular weight excluding hydrogens is 310 g/mol. The van der Waals surface area contributed by atoms with Crippen molar-refractivity contribution < 1.29 is 9.59 Å². The summed E-state index contributed by atoms with van der Waals surface area (Å²) in [4.78, 5) is 31.1. The summed E-state index contributed by atoms with van der Waals surface area (Å²) in [6, 6.07) is 13.4. The second kappa shape index (κ2) is 7.28. The molecule has 5 nitrogen and oxygen atoms in total. The van der Waals surface area contributed by atoms with Gasteiger partial charge in [-0.05, 0) is 24.3 Å². The summed E-state index contributed by atoms with van der Waals surface area (Å²) in [5, 5.41) is 2.83. The molecule has 1 aromatic heterocycles. The number of amides is 2. The summed E-state index contributed by atoms with van der Waals surface area (Å²) in [5.41, 5.74) is 1.71. The maximum absolute atomic E-state index is 12.1. The van der Waals surface area contributed by atoms with Gasteiger partial charge < -0.3 is 10.2 Å². The number of hydrogen-bond acceptors (Lipinski definition) is 4. The molecule has 0 fully saturated rings. The zero-order chi connectivity index (χ0) is 16.1. The molecule has 23 heavy (non-hydrogen) atoms. The van der Waals surface area contributed by atoms with Crippen molar-refractivity contribution in [2.45, 2.75) is 17.9 Å². The van der Waals surface area contributed by atoms with Crippen LogP contribution < -0.4 is 10.2 Å². The summed E-state index contributed by atoms with van der Waals surface area (Å²) in [7, 11) is 0. The fourth-order valence-corrected chi connectivity index (χ4v) is 3.33. The van der Waals surface area contributed by atoms with Gasteiger partial charge >= 0.3 is 0 Å². The predicted octanol–water partition coefficient (Wildman–Crippen LogP) is 2.23. The molecule has 1 N–H and O–H groups in total. The first kappa shape index (κ1) is 15.6. The normalized spacial score (nSPS) is 13.6. The molecule has 0 saturated carbocycles. The van der Waals surface area contributed by atoms with E-state index >= 15 is 0 Å².